The van der Waals surface area contributed by atoms with Crippen molar-refractivity contribution in [3.8, 4) is 0 Å². The number of rotatable bonds is 3. The van der Waals surface area contributed by atoms with Crippen molar-refractivity contribution in [2.24, 2.45) is 0 Å². The lowest BCUT2D eigenvalue weighted by molar-refractivity contribution is -0.204. The molecule has 112 valence electrons. The lowest BCUT2D eigenvalue weighted by atomic mass is 9.97. The highest BCUT2D eigenvalue weighted by Gasteiger charge is 2.53. The fourth-order valence-corrected chi connectivity index (χ4v) is 2.48. The molecule has 1 fully saturated rings. The van der Waals surface area contributed by atoms with Crippen LogP contribution < -0.4 is 0 Å². The Labute approximate surface area is 123 Å². The fraction of sp³-hybridized carbons (Fsp3) is 0.400. The normalized spacial score (nSPS) is 22.4. The minimum Gasteiger partial charge on any atom is -0.429 e. The molecule has 1 aliphatic heterocycles. The summed E-state index contributed by atoms with van der Waals surface area (Å²) in [5.74, 6) is -1.27. The Morgan fingerprint density at radius 1 is 1.24 bits per heavy atom. The predicted molar refractivity (Wildman–Crippen MR) is 75.1 cm³/mol. The van der Waals surface area contributed by atoms with Gasteiger partial charge in [-0.25, -0.2) is 0 Å². The highest BCUT2D eigenvalue weighted by Crippen LogP contribution is 2.28. The maximum absolute atomic E-state index is 12.6. The summed E-state index contributed by atoms with van der Waals surface area (Å²) in [7, 11) is 3.01. The molecule has 0 aromatic heterocycles. The van der Waals surface area contributed by atoms with Gasteiger partial charge in [0.15, 0.2) is 0 Å². The zero-order valence-corrected chi connectivity index (χ0v) is 12.3. The summed E-state index contributed by atoms with van der Waals surface area (Å²) in [5, 5.41) is 0. The molecule has 0 radical (unpaired) electrons. The van der Waals surface area contributed by atoms with E-state index < -0.39 is 17.6 Å². The molecule has 1 aromatic carbocycles. The molecule has 0 spiro atoms. The first-order valence-electron chi connectivity index (χ1n) is 6.62. The third-order valence-electron chi connectivity index (χ3n) is 3.57. The number of likely N-dealkylation sites (N-methyl/N-ethyl adjacent to an activating group) is 2. The highest BCUT2D eigenvalue weighted by atomic mass is 16.6. The minimum absolute atomic E-state index is 0.0207. The SMILES string of the molecule is CC(=O)OC1(Cc2ccccc2)C(=O)N(C)CC(=O)N1C. The van der Waals surface area contributed by atoms with Crippen LogP contribution in [0.4, 0.5) is 0 Å². The van der Waals surface area contributed by atoms with Crippen LogP contribution in [0.15, 0.2) is 30.3 Å². The van der Waals surface area contributed by atoms with E-state index in [1.807, 2.05) is 30.3 Å². The van der Waals surface area contributed by atoms with Crippen LogP contribution in [-0.4, -0.2) is 53.9 Å². The van der Waals surface area contributed by atoms with Gasteiger partial charge in [-0.05, 0) is 5.56 Å². The van der Waals surface area contributed by atoms with Crippen LogP contribution in [0, 0.1) is 0 Å². The second-order valence-corrected chi connectivity index (χ2v) is 5.15. The number of nitrogens with zero attached hydrogens (tertiary/aromatic N) is 2. The van der Waals surface area contributed by atoms with Gasteiger partial charge >= 0.3 is 5.97 Å². The quantitative estimate of drug-likeness (QED) is 0.757. The first-order valence-corrected chi connectivity index (χ1v) is 6.62. The molecule has 1 heterocycles. The number of hydrogen-bond acceptors (Lipinski definition) is 4. The molecule has 1 saturated heterocycles. The molecule has 21 heavy (non-hydrogen) atoms. The summed E-state index contributed by atoms with van der Waals surface area (Å²) < 4.78 is 5.32. The van der Waals surface area contributed by atoms with Gasteiger partial charge in [0, 0.05) is 27.4 Å². The maximum atomic E-state index is 12.6. The van der Waals surface area contributed by atoms with E-state index in [-0.39, 0.29) is 18.9 Å². The Hall–Kier alpha value is -2.37. The van der Waals surface area contributed by atoms with Crippen molar-refractivity contribution in [2.75, 3.05) is 20.6 Å². The van der Waals surface area contributed by atoms with E-state index in [0.29, 0.717) is 0 Å². The number of benzene rings is 1. The largest absolute Gasteiger partial charge is 0.429 e. The predicted octanol–water partition coefficient (Wildman–Crippen LogP) is 0.419. The van der Waals surface area contributed by atoms with Crippen LogP contribution in [0.3, 0.4) is 0 Å². The van der Waals surface area contributed by atoms with Crippen molar-refractivity contribution in [1.82, 2.24) is 9.80 Å². The standard InChI is InChI=1S/C15H18N2O4/c1-11(18)21-15(9-12-7-5-4-6-8-12)14(20)16(2)10-13(19)17(15)3/h4-8H,9-10H2,1-3H3. The average molecular weight is 290 g/mol. The molecule has 1 atom stereocenters. The number of piperazine rings is 1. The van der Waals surface area contributed by atoms with Crippen LogP contribution in [0.2, 0.25) is 0 Å². The Bertz CT molecular complexity index is 572. The Kier molecular flexibility index (Phi) is 3.97. The molecule has 1 aliphatic rings. The molecule has 6 heteroatoms. The summed E-state index contributed by atoms with van der Waals surface area (Å²) in [5.41, 5.74) is -0.806. The van der Waals surface area contributed by atoms with Crippen molar-refractivity contribution >= 4 is 17.8 Å². The topological polar surface area (TPSA) is 66.9 Å². The Balaban J connectivity index is 2.46. The van der Waals surface area contributed by atoms with E-state index in [1.165, 1.54) is 30.8 Å². The Morgan fingerprint density at radius 2 is 1.86 bits per heavy atom. The van der Waals surface area contributed by atoms with Gasteiger partial charge in [-0.1, -0.05) is 30.3 Å². The van der Waals surface area contributed by atoms with Crippen LogP contribution in [0.1, 0.15) is 12.5 Å². The molecule has 0 saturated carbocycles. The van der Waals surface area contributed by atoms with Crippen molar-refractivity contribution < 1.29 is 19.1 Å². The van der Waals surface area contributed by atoms with E-state index in [4.69, 9.17) is 4.74 Å². The molecule has 2 rings (SSSR count). The number of esters is 1. The van der Waals surface area contributed by atoms with Crippen LogP contribution in [0.5, 0.6) is 0 Å². The molecule has 1 unspecified atom stereocenters. The fourth-order valence-electron chi connectivity index (χ4n) is 2.48. The summed E-state index contributed by atoms with van der Waals surface area (Å²) >= 11 is 0. The smallest absolute Gasteiger partial charge is 0.305 e. The summed E-state index contributed by atoms with van der Waals surface area (Å²) in [6, 6.07) is 9.16. The molecule has 0 aliphatic carbocycles. The summed E-state index contributed by atoms with van der Waals surface area (Å²) in [6.45, 7) is 1.21. The van der Waals surface area contributed by atoms with Gasteiger partial charge < -0.3 is 9.64 Å². The average Bonchev–Trinajstić information content (AvgIpc) is 2.43. The zero-order chi connectivity index (χ0) is 15.6. The van der Waals surface area contributed by atoms with Crippen molar-refractivity contribution in [3.63, 3.8) is 0 Å². The second-order valence-electron chi connectivity index (χ2n) is 5.15. The number of hydrogen-bond donors (Lipinski definition) is 0. The lowest BCUT2D eigenvalue weighted by Gasteiger charge is -2.45. The van der Waals surface area contributed by atoms with Crippen LogP contribution >= 0.6 is 0 Å². The summed E-state index contributed by atoms with van der Waals surface area (Å²) in [6.07, 6.45) is 0.124. The van der Waals surface area contributed by atoms with E-state index in [1.54, 1.807) is 0 Å². The van der Waals surface area contributed by atoms with Gasteiger partial charge in [0.05, 0.1) is 6.54 Å². The number of ether oxygens (including phenoxy) is 1. The minimum atomic E-state index is -1.61. The van der Waals surface area contributed by atoms with Crippen LogP contribution in [0.25, 0.3) is 0 Å². The third kappa shape index (κ3) is 2.74. The molecule has 1 aromatic rings. The van der Waals surface area contributed by atoms with Gasteiger partial charge in [0.1, 0.15) is 0 Å². The maximum Gasteiger partial charge on any atom is 0.305 e. The lowest BCUT2D eigenvalue weighted by Crippen LogP contribution is -2.68. The Morgan fingerprint density at radius 3 is 2.43 bits per heavy atom. The van der Waals surface area contributed by atoms with Gasteiger partial charge in [-0.3, -0.25) is 19.3 Å². The van der Waals surface area contributed by atoms with E-state index in [0.717, 1.165) is 5.56 Å². The molecule has 6 nitrogen and oxygen atoms in total. The van der Waals surface area contributed by atoms with Crippen LogP contribution in [-0.2, 0) is 25.5 Å². The first kappa shape index (κ1) is 15.0. The van der Waals surface area contributed by atoms with Gasteiger partial charge in [-0.2, -0.15) is 0 Å². The second kappa shape index (κ2) is 5.55. The molecular weight excluding hydrogens is 272 g/mol. The van der Waals surface area contributed by atoms with Gasteiger partial charge in [-0.15, -0.1) is 0 Å². The third-order valence-corrected chi connectivity index (χ3v) is 3.57. The number of carbonyl (C=O) groups is 3. The van der Waals surface area contributed by atoms with E-state index in [2.05, 4.69) is 0 Å². The first-order chi connectivity index (χ1) is 9.86. The monoisotopic (exact) mass is 290 g/mol. The van der Waals surface area contributed by atoms with E-state index >= 15 is 0 Å². The molecular formula is C15H18N2O4. The van der Waals surface area contributed by atoms with Crippen molar-refractivity contribution in [1.29, 1.82) is 0 Å². The van der Waals surface area contributed by atoms with Crippen molar-refractivity contribution in [2.45, 2.75) is 19.1 Å². The molecule has 0 N–H and O–H groups in total. The van der Waals surface area contributed by atoms with Gasteiger partial charge in [0.25, 0.3) is 11.6 Å². The number of amides is 2. The zero-order valence-electron chi connectivity index (χ0n) is 12.3. The highest BCUT2D eigenvalue weighted by molar-refractivity contribution is 5.98. The van der Waals surface area contributed by atoms with Gasteiger partial charge in [0.2, 0.25) is 5.91 Å². The number of carbonyl (C=O) groups excluding carboxylic acids is 3. The molecule has 0 bridgehead atoms. The van der Waals surface area contributed by atoms with Crippen molar-refractivity contribution in [3.05, 3.63) is 35.9 Å². The molecule has 2 amide bonds. The van der Waals surface area contributed by atoms with E-state index in [9.17, 15) is 14.4 Å². The summed E-state index contributed by atoms with van der Waals surface area (Å²) in [4.78, 5) is 38.7.